The zero-order valence-electron chi connectivity index (χ0n) is 16.3. The molecule has 8 nitrogen and oxygen atoms in total. The normalized spacial score (nSPS) is 10.7. The third-order valence-corrected chi connectivity index (χ3v) is 4.41. The van der Waals surface area contributed by atoms with Crippen molar-refractivity contribution in [1.29, 1.82) is 0 Å². The Bertz CT molecular complexity index is 922. The molecule has 2 aromatic heterocycles. The van der Waals surface area contributed by atoms with Gasteiger partial charge in [-0.15, -0.1) is 10.2 Å². The number of carbonyl (C=O) groups excluding carboxylic acids is 1. The van der Waals surface area contributed by atoms with Crippen LogP contribution in [0.4, 0.5) is 11.5 Å². The van der Waals surface area contributed by atoms with Crippen molar-refractivity contribution in [3.05, 3.63) is 65.1 Å². The molecule has 0 spiro atoms. The summed E-state index contributed by atoms with van der Waals surface area (Å²) < 4.78 is 7.06. The SMILES string of the molecule is COCCn1nc(C)c(CNc2ccc(C(=O)Nc3ccccc3)nn2)c1C. The second kappa shape index (κ2) is 9.09. The Morgan fingerprint density at radius 2 is 1.89 bits per heavy atom. The Kier molecular flexibility index (Phi) is 6.33. The molecular formula is C20H24N6O2. The van der Waals surface area contributed by atoms with Crippen LogP contribution in [0, 0.1) is 13.8 Å². The van der Waals surface area contributed by atoms with Gasteiger partial charge in [-0.3, -0.25) is 9.48 Å². The van der Waals surface area contributed by atoms with Gasteiger partial charge in [0.2, 0.25) is 0 Å². The minimum atomic E-state index is -0.295. The molecule has 0 aliphatic heterocycles. The number of nitrogens with one attached hydrogen (secondary N) is 2. The summed E-state index contributed by atoms with van der Waals surface area (Å²) in [5, 5.41) is 18.7. The number of hydrogen-bond donors (Lipinski definition) is 2. The molecule has 2 heterocycles. The summed E-state index contributed by atoms with van der Waals surface area (Å²) in [4.78, 5) is 12.2. The van der Waals surface area contributed by atoms with Gasteiger partial charge >= 0.3 is 0 Å². The van der Waals surface area contributed by atoms with Crippen LogP contribution in [-0.4, -0.2) is 39.6 Å². The molecule has 2 N–H and O–H groups in total. The van der Waals surface area contributed by atoms with Crippen LogP contribution in [0.25, 0.3) is 0 Å². The van der Waals surface area contributed by atoms with Crippen molar-refractivity contribution in [2.24, 2.45) is 0 Å². The van der Waals surface area contributed by atoms with E-state index in [1.165, 1.54) is 0 Å². The number of benzene rings is 1. The van der Waals surface area contributed by atoms with Crippen molar-refractivity contribution < 1.29 is 9.53 Å². The second-order valence-corrected chi connectivity index (χ2v) is 6.34. The lowest BCUT2D eigenvalue weighted by atomic mass is 10.2. The fourth-order valence-electron chi connectivity index (χ4n) is 2.83. The molecule has 0 unspecified atom stereocenters. The molecule has 0 aliphatic rings. The van der Waals surface area contributed by atoms with Gasteiger partial charge in [0.1, 0.15) is 5.82 Å². The molecule has 0 fully saturated rings. The maximum Gasteiger partial charge on any atom is 0.276 e. The Balaban J connectivity index is 1.60. The second-order valence-electron chi connectivity index (χ2n) is 6.34. The number of aryl methyl sites for hydroxylation is 1. The number of anilines is 2. The topological polar surface area (TPSA) is 94.0 Å². The molecule has 1 aromatic carbocycles. The number of aromatic nitrogens is 4. The zero-order valence-corrected chi connectivity index (χ0v) is 16.3. The highest BCUT2D eigenvalue weighted by molar-refractivity contribution is 6.02. The van der Waals surface area contributed by atoms with Gasteiger partial charge in [0, 0.05) is 30.6 Å². The molecule has 0 bridgehead atoms. The number of hydrogen-bond acceptors (Lipinski definition) is 6. The lowest BCUT2D eigenvalue weighted by Gasteiger charge is -2.08. The Labute approximate surface area is 163 Å². The maximum absolute atomic E-state index is 12.2. The number of rotatable bonds is 8. The molecular weight excluding hydrogens is 356 g/mol. The quantitative estimate of drug-likeness (QED) is 0.624. The molecule has 3 rings (SSSR count). The van der Waals surface area contributed by atoms with E-state index in [-0.39, 0.29) is 11.6 Å². The van der Waals surface area contributed by atoms with Crippen LogP contribution in [0.3, 0.4) is 0 Å². The first kappa shape index (κ1) is 19.5. The summed E-state index contributed by atoms with van der Waals surface area (Å²) in [6.45, 7) is 5.93. The van der Waals surface area contributed by atoms with Crippen LogP contribution in [0.1, 0.15) is 27.4 Å². The molecule has 1 amide bonds. The van der Waals surface area contributed by atoms with Gasteiger partial charge in [-0.1, -0.05) is 18.2 Å². The average Bonchev–Trinajstić information content (AvgIpc) is 2.98. The first-order valence-electron chi connectivity index (χ1n) is 9.04. The largest absolute Gasteiger partial charge is 0.383 e. The summed E-state index contributed by atoms with van der Waals surface area (Å²) in [5.41, 5.74) is 4.15. The number of carbonyl (C=O) groups is 1. The van der Waals surface area contributed by atoms with Gasteiger partial charge in [0.25, 0.3) is 5.91 Å². The van der Waals surface area contributed by atoms with Crippen molar-refractivity contribution in [1.82, 2.24) is 20.0 Å². The standard InChI is InChI=1S/C20H24N6O2/c1-14-17(15(2)26(25-14)11-12-28-3)13-21-19-10-9-18(23-24-19)20(27)22-16-7-5-4-6-8-16/h4-10H,11-13H2,1-3H3,(H,21,24)(H,22,27). The van der Waals surface area contributed by atoms with E-state index in [1.807, 2.05) is 48.9 Å². The third-order valence-electron chi connectivity index (χ3n) is 4.41. The Morgan fingerprint density at radius 3 is 2.57 bits per heavy atom. The van der Waals surface area contributed by atoms with E-state index in [0.717, 1.165) is 17.0 Å². The van der Waals surface area contributed by atoms with Crippen LogP contribution in [0.15, 0.2) is 42.5 Å². The van der Waals surface area contributed by atoms with Gasteiger partial charge in [-0.05, 0) is 38.1 Å². The minimum Gasteiger partial charge on any atom is -0.383 e. The van der Waals surface area contributed by atoms with Crippen LogP contribution in [0.2, 0.25) is 0 Å². The maximum atomic E-state index is 12.2. The molecule has 0 saturated heterocycles. The van der Waals surface area contributed by atoms with Gasteiger partial charge < -0.3 is 15.4 Å². The first-order valence-corrected chi connectivity index (χ1v) is 9.04. The summed E-state index contributed by atoms with van der Waals surface area (Å²) >= 11 is 0. The summed E-state index contributed by atoms with van der Waals surface area (Å²) in [6.07, 6.45) is 0. The van der Waals surface area contributed by atoms with E-state index in [1.54, 1.807) is 19.2 Å². The van der Waals surface area contributed by atoms with Crippen molar-refractivity contribution in [2.45, 2.75) is 26.9 Å². The first-order chi connectivity index (χ1) is 13.6. The zero-order chi connectivity index (χ0) is 19.9. The monoisotopic (exact) mass is 380 g/mol. The molecule has 3 aromatic rings. The van der Waals surface area contributed by atoms with Crippen LogP contribution in [0.5, 0.6) is 0 Å². The highest BCUT2D eigenvalue weighted by Gasteiger charge is 2.12. The number of methoxy groups -OCH3 is 1. The van der Waals surface area contributed by atoms with E-state index in [0.29, 0.717) is 31.2 Å². The van der Waals surface area contributed by atoms with E-state index >= 15 is 0 Å². The van der Waals surface area contributed by atoms with E-state index in [4.69, 9.17) is 4.74 Å². The van der Waals surface area contributed by atoms with Crippen LogP contribution in [-0.2, 0) is 17.8 Å². The minimum absolute atomic E-state index is 0.258. The molecule has 0 aliphatic carbocycles. The van der Waals surface area contributed by atoms with Crippen molar-refractivity contribution in [3.8, 4) is 0 Å². The van der Waals surface area contributed by atoms with Crippen molar-refractivity contribution >= 4 is 17.4 Å². The van der Waals surface area contributed by atoms with Crippen LogP contribution < -0.4 is 10.6 Å². The molecule has 28 heavy (non-hydrogen) atoms. The number of para-hydroxylation sites is 1. The Hall–Kier alpha value is -3.26. The van der Waals surface area contributed by atoms with Gasteiger partial charge in [-0.2, -0.15) is 5.10 Å². The van der Waals surface area contributed by atoms with Gasteiger partial charge in [-0.25, -0.2) is 0 Å². The lowest BCUT2D eigenvalue weighted by molar-refractivity contribution is 0.102. The van der Waals surface area contributed by atoms with Gasteiger partial charge in [0.05, 0.1) is 18.8 Å². The summed E-state index contributed by atoms with van der Waals surface area (Å²) in [5.74, 6) is 0.302. The van der Waals surface area contributed by atoms with Crippen molar-refractivity contribution in [2.75, 3.05) is 24.4 Å². The molecule has 0 saturated carbocycles. The molecule has 146 valence electrons. The highest BCUT2D eigenvalue weighted by atomic mass is 16.5. The summed E-state index contributed by atoms with van der Waals surface area (Å²) in [7, 11) is 1.68. The molecule has 0 atom stereocenters. The fraction of sp³-hybridized carbons (Fsp3) is 0.300. The van der Waals surface area contributed by atoms with Crippen LogP contribution >= 0.6 is 0 Å². The number of ether oxygens (including phenoxy) is 1. The van der Waals surface area contributed by atoms with E-state index in [2.05, 4.69) is 25.9 Å². The number of amides is 1. The summed E-state index contributed by atoms with van der Waals surface area (Å²) in [6, 6.07) is 12.6. The fourth-order valence-corrected chi connectivity index (χ4v) is 2.83. The molecule has 0 radical (unpaired) electrons. The lowest BCUT2D eigenvalue weighted by Crippen LogP contribution is -2.15. The predicted octanol–water partition coefficient (Wildman–Crippen LogP) is 2.80. The number of nitrogens with zero attached hydrogens (tertiary/aromatic N) is 4. The van der Waals surface area contributed by atoms with Gasteiger partial charge in [0.15, 0.2) is 5.69 Å². The van der Waals surface area contributed by atoms with E-state index < -0.39 is 0 Å². The molecule has 8 heteroatoms. The van der Waals surface area contributed by atoms with E-state index in [9.17, 15) is 4.79 Å². The Morgan fingerprint density at radius 1 is 1.11 bits per heavy atom. The predicted molar refractivity (Wildman–Crippen MR) is 107 cm³/mol. The third kappa shape index (κ3) is 4.72. The average molecular weight is 380 g/mol. The van der Waals surface area contributed by atoms with Crippen molar-refractivity contribution in [3.63, 3.8) is 0 Å². The smallest absolute Gasteiger partial charge is 0.276 e. The highest BCUT2D eigenvalue weighted by Crippen LogP contribution is 2.15.